The van der Waals surface area contributed by atoms with Gasteiger partial charge in [0.2, 0.25) is 0 Å². The molecule has 0 aromatic heterocycles. The molecule has 0 heterocycles. The summed E-state index contributed by atoms with van der Waals surface area (Å²) in [6.07, 6.45) is 0. The van der Waals surface area contributed by atoms with Crippen LogP contribution in [0.3, 0.4) is 0 Å². The van der Waals surface area contributed by atoms with Gasteiger partial charge in [0.15, 0.2) is 0 Å². The van der Waals surface area contributed by atoms with Gasteiger partial charge in [-0.05, 0) is 0 Å². The minimum absolute atomic E-state index is 0.0292. The number of benzene rings is 3. The van der Waals surface area contributed by atoms with Gasteiger partial charge >= 0.3 is 147 Å². The average Bonchev–Trinajstić information content (AvgIpc) is 2.60. The Morgan fingerprint density at radius 3 is 2.46 bits per heavy atom. The predicted molar refractivity (Wildman–Crippen MR) is 99.2 cm³/mol. The second kappa shape index (κ2) is 7.43. The van der Waals surface area contributed by atoms with E-state index in [0.717, 1.165) is 20.9 Å². The number of rotatable bonds is 5. The van der Waals surface area contributed by atoms with Crippen LogP contribution < -0.4 is 9.78 Å². The molecule has 3 rings (SSSR count). The van der Waals surface area contributed by atoms with Crippen LogP contribution in [-0.2, 0) is 4.79 Å². The second-order valence-electron chi connectivity index (χ2n) is 5.47. The van der Waals surface area contributed by atoms with E-state index >= 15 is 0 Å². The zero-order valence-electron chi connectivity index (χ0n) is 13.3. The predicted octanol–water partition coefficient (Wildman–Crippen LogP) is 3.43. The topological polar surface area (TPSA) is 46.2 Å². The van der Waals surface area contributed by atoms with E-state index in [4.69, 9.17) is 0 Å². The summed E-state index contributed by atoms with van der Waals surface area (Å²) in [4.78, 5) is 24.0. The van der Waals surface area contributed by atoms with E-state index in [9.17, 15) is 9.59 Å². The summed E-state index contributed by atoms with van der Waals surface area (Å²) in [5.74, 6) is 0.0200. The molecule has 0 radical (unpaired) electrons. The van der Waals surface area contributed by atoms with Gasteiger partial charge in [0.1, 0.15) is 0 Å². The van der Waals surface area contributed by atoms with Crippen molar-refractivity contribution in [2.45, 2.75) is 12.2 Å². The molecule has 4 heteroatoms. The molecule has 3 aromatic rings. The van der Waals surface area contributed by atoms with E-state index in [1.165, 1.54) is 0 Å². The van der Waals surface area contributed by atoms with Gasteiger partial charge < -0.3 is 0 Å². The van der Waals surface area contributed by atoms with Crippen LogP contribution >= 0.6 is 0 Å². The third kappa shape index (κ3) is 3.73. The summed E-state index contributed by atoms with van der Waals surface area (Å²) < 4.78 is 0.956. The maximum atomic E-state index is 12.7. The number of carbonyl (C=O) groups is 2. The summed E-state index contributed by atoms with van der Waals surface area (Å²) in [7, 11) is 0. The fraction of sp³-hybridized carbons (Fsp3) is 0.100. The summed E-state index contributed by atoms with van der Waals surface area (Å²) >= 11 is -0.0292. The van der Waals surface area contributed by atoms with Crippen LogP contribution in [0.4, 0.5) is 5.69 Å². The third-order valence-corrected chi connectivity index (χ3v) is 6.16. The van der Waals surface area contributed by atoms with Crippen LogP contribution in [0.1, 0.15) is 17.3 Å². The quantitative estimate of drug-likeness (QED) is 0.688. The molecule has 0 aliphatic carbocycles. The Morgan fingerprint density at radius 2 is 1.62 bits per heavy atom. The Kier molecular flexibility index (Phi) is 5.09. The molecule has 1 amide bonds. The van der Waals surface area contributed by atoms with E-state index < -0.39 is 0 Å². The fourth-order valence-corrected chi connectivity index (χ4v) is 4.27. The van der Waals surface area contributed by atoms with Crippen LogP contribution in [0.2, 0.25) is 5.32 Å². The molecule has 0 spiro atoms. The monoisotopic (exact) mass is 383 g/mol. The molecule has 0 unspecified atom stereocenters. The van der Waals surface area contributed by atoms with Gasteiger partial charge in [-0.15, -0.1) is 0 Å². The van der Waals surface area contributed by atoms with Gasteiger partial charge in [0, 0.05) is 0 Å². The van der Waals surface area contributed by atoms with Gasteiger partial charge in [0.25, 0.3) is 0 Å². The molecule has 0 saturated carbocycles. The molecule has 3 aromatic carbocycles. The molecule has 0 fully saturated rings. The molecular weight excluding hydrogens is 365 g/mol. The van der Waals surface area contributed by atoms with E-state index in [1.54, 1.807) is 6.92 Å². The Labute approximate surface area is 147 Å². The Morgan fingerprint density at radius 1 is 0.917 bits per heavy atom. The molecular formula is C20H17NO2Se. The van der Waals surface area contributed by atoms with Crippen molar-refractivity contribution in [3.63, 3.8) is 0 Å². The molecule has 0 aliphatic rings. The Balaban J connectivity index is 1.88. The van der Waals surface area contributed by atoms with Crippen LogP contribution in [0.25, 0.3) is 10.8 Å². The molecule has 0 atom stereocenters. The number of hydrogen-bond acceptors (Lipinski definition) is 2. The molecule has 120 valence electrons. The first-order valence-electron chi connectivity index (χ1n) is 7.65. The van der Waals surface area contributed by atoms with Gasteiger partial charge in [-0.1, -0.05) is 0 Å². The van der Waals surface area contributed by atoms with E-state index in [2.05, 4.69) is 5.32 Å². The first-order valence-corrected chi connectivity index (χ1v) is 9.72. The number of nitrogens with one attached hydrogen (secondary N) is 1. The normalized spacial score (nSPS) is 10.5. The second-order valence-corrected chi connectivity index (χ2v) is 7.60. The first kappa shape index (κ1) is 16.4. The first-order chi connectivity index (χ1) is 11.6. The zero-order chi connectivity index (χ0) is 16.9. The molecule has 0 aliphatic heterocycles. The van der Waals surface area contributed by atoms with Gasteiger partial charge in [0.05, 0.1) is 0 Å². The van der Waals surface area contributed by atoms with Gasteiger partial charge in [-0.3, -0.25) is 0 Å². The van der Waals surface area contributed by atoms with Crippen LogP contribution in [-0.4, -0.2) is 26.6 Å². The van der Waals surface area contributed by atoms with Crippen LogP contribution in [0, 0.1) is 0 Å². The maximum absolute atomic E-state index is 12.7. The SMILES string of the molecule is CC(=O)C[Se]c1ccccc1C(=O)Nc1cccc2ccccc12. The third-order valence-electron chi connectivity index (χ3n) is 3.60. The summed E-state index contributed by atoms with van der Waals surface area (Å²) in [5.41, 5.74) is 1.44. The molecule has 0 bridgehead atoms. The summed E-state index contributed by atoms with van der Waals surface area (Å²) in [6, 6.07) is 21.3. The summed E-state index contributed by atoms with van der Waals surface area (Å²) in [6.45, 7) is 1.58. The van der Waals surface area contributed by atoms with Crippen LogP contribution in [0.15, 0.2) is 66.7 Å². The van der Waals surface area contributed by atoms with Crippen molar-refractivity contribution < 1.29 is 9.59 Å². The number of ketones is 1. The Bertz CT molecular complexity index is 900. The fourth-order valence-electron chi connectivity index (χ4n) is 2.48. The number of anilines is 1. The minimum atomic E-state index is -0.132. The number of amides is 1. The van der Waals surface area contributed by atoms with Crippen molar-refractivity contribution >= 4 is 47.6 Å². The Hall–Kier alpha value is -2.42. The zero-order valence-corrected chi connectivity index (χ0v) is 15.0. The van der Waals surface area contributed by atoms with Crippen molar-refractivity contribution in [3.05, 3.63) is 72.3 Å². The number of Topliss-reactive ketones (excluding diaryl/α,β-unsaturated/α-hetero) is 1. The van der Waals surface area contributed by atoms with Gasteiger partial charge in [-0.2, -0.15) is 0 Å². The number of fused-ring (bicyclic) bond motifs is 1. The average molecular weight is 382 g/mol. The van der Waals surface area contributed by atoms with Gasteiger partial charge in [-0.25, -0.2) is 0 Å². The van der Waals surface area contributed by atoms with E-state index in [0.29, 0.717) is 10.9 Å². The van der Waals surface area contributed by atoms with E-state index in [-0.39, 0.29) is 26.6 Å². The number of hydrogen-bond donors (Lipinski definition) is 1. The molecule has 1 N–H and O–H groups in total. The van der Waals surface area contributed by atoms with Crippen molar-refractivity contribution in [1.29, 1.82) is 0 Å². The number of carbonyl (C=O) groups excluding carboxylic acids is 2. The molecule has 24 heavy (non-hydrogen) atoms. The standard InChI is InChI=1S/C20H17NO2Se/c1-14(22)13-24-19-12-5-4-10-17(19)20(23)21-18-11-6-8-15-7-2-3-9-16(15)18/h2-12H,13H2,1H3,(H,21,23). The summed E-state index contributed by atoms with van der Waals surface area (Å²) in [5, 5.41) is 5.62. The molecule has 0 saturated heterocycles. The van der Waals surface area contributed by atoms with Crippen LogP contribution in [0.5, 0.6) is 0 Å². The van der Waals surface area contributed by atoms with Crippen molar-refractivity contribution in [1.82, 2.24) is 0 Å². The van der Waals surface area contributed by atoms with Crippen molar-refractivity contribution in [3.8, 4) is 0 Å². The van der Waals surface area contributed by atoms with E-state index in [1.807, 2.05) is 66.7 Å². The molecule has 3 nitrogen and oxygen atoms in total. The van der Waals surface area contributed by atoms with Crippen molar-refractivity contribution in [2.75, 3.05) is 5.32 Å². The van der Waals surface area contributed by atoms with Crippen molar-refractivity contribution in [2.24, 2.45) is 0 Å².